The summed E-state index contributed by atoms with van der Waals surface area (Å²) in [4.78, 5) is 6.64. The number of nitrogens with zero attached hydrogens (tertiary/aromatic N) is 1. The van der Waals surface area contributed by atoms with E-state index in [0.29, 0.717) is 17.5 Å². The lowest BCUT2D eigenvalue weighted by Crippen LogP contribution is -2.14. The van der Waals surface area contributed by atoms with Gasteiger partial charge in [-0.05, 0) is 24.3 Å². The van der Waals surface area contributed by atoms with Crippen LogP contribution in [0.5, 0.6) is 5.75 Å². The molecular weight excluding hydrogens is 407 g/mol. The molecule has 0 spiro atoms. The fourth-order valence-corrected chi connectivity index (χ4v) is 3.44. The molecule has 0 radical (unpaired) electrons. The Morgan fingerprint density at radius 3 is 2.67 bits per heavy atom. The van der Waals surface area contributed by atoms with E-state index in [4.69, 9.17) is 11.6 Å². The maximum atomic E-state index is 14.0. The molecule has 2 N–H and O–H groups in total. The van der Waals surface area contributed by atoms with Crippen LogP contribution in [0.1, 0.15) is 0 Å². The number of halogens is 4. The summed E-state index contributed by atoms with van der Waals surface area (Å²) >= 11 is 5.62. The number of hydrogen-bond acceptors (Lipinski definition) is 4. The predicted octanol–water partition coefficient (Wildman–Crippen LogP) is 4.27. The molecule has 3 rings (SSSR count). The number of pyridine rings is 1. The van der Waals surface area contributed by atoms with E-state index in [1.807, 2.05) is 4.72 Å². The highest BCUT2D eigenvalue weighted by Crippen LogP contribution is 2.33. The summed E-state index contributed by atoms with van der Waals surface area (Å²) in [6, 6.07) is 7.82. The van der Waals surface area contributed by atoms with Crippen LogP contribution in [0.4, 0.5) is 18.9 Å². The summed E-state index contributed by atoms with van der Waals surface area (Å²) < 4.78 is 69.8. The van der Waals surface area contributed by atoms with Crippen molar-refractivity contribution < 1.29 is 26.3 Å². The number of ether oxygens (including phenoxy) is 1. The highest BCUT2D eigenvalue weighted by atomic mass is 35.5. The maximum absolute atomic E-state index is 14.0. The van der Waals surface area contributed by atoms with Gasteiger partial charge in [0.25, 0.3) is 10.0 Å². The van der Waals surface area contributed by atoms with Crippen LogP contribution in [0.3, 0.4) is 0 Å². The van der Waals surface area contributed by atoms with E-state index in [9.17, 15) is 21.6 Å². The second kappa shape index (κ2) is 7.49. The van der Waals surface area contributed by atoms with Gasteiger partial charge in [0.1, 0.15) is 16.5 Å². The number of anilines is 1. The molecule has 1 aromatic carbocycles. The topological polar surface area (TPSA) is 84.1 Å². The first kappa shape index (κ1) is 19.1. The predicted molar refractivity (Wildman–Crippen MR) is 92.9 cm³/mol. The van der Waals surface area contributed by atoms with Crippen molar-refractivity contribution in [3.05, 3.63) is 59.6 Å². The van der Waals surface area contributed by atoms with E-state index in [2.05, 4.69) is 14.7 Å². The van der Waals surface area contributed by atoms with E-state index in [-0.39, 0.29) is 4.90 Å². The van der Waals surface area contributed by atoms with Crippen molar-refractivity contribution >= 4 is 27.3 Å². The second-order valence-electron chi connectivity index (χ2n) is 5.21. The van der Waals surface area contributed by atoms with E-state index in [0.717, 1.165) is 6.07 Å². The van der Waals surface area contributed by atoms with Gasteiger partial charge in [-0.15, -0.1) is 0 Å². The molecule has 0 fully saturated rings. The fraction of sp³-hybridized carbons (Fsp3) is 0.0625. The van der Waals surface area contributed by atoms with Gasteiger partial charge in [-0.2, -0.15) is 8.78 Å². The standard InChI is InChI=1S/C16H11ClF3N3O3S/c17-10-6-11(18)13(7-15(10)26-16(19)20)23-27(24,25)9-5-14(22-8-9)12-3-1-2-4-21-12/h1-8,16,22-23H. The van der Waals surface area contributed by atoms with Crippen LogP contribution < -0.4 is 9.46 Å². The second-order valence-corrected chi connectivity index (χ2v) is 7.30. The van der Waals surface area contributed by atoms with E-state index in [1.54, 1.807) is 18.2 Å². The molecule has 27 heavy (non-hydrogen) atoms. The average molecular weight is 418 g/mol. The average Bonchev–Trinajstić information content (AvgIpc) is 3.10. The molecule has 6 nitrogen and oxygen atoms in total. The molecular formula is C16H11ClF3N3O3S. The van der Waals surface area contributed by atoms with Crippen LogP contribution in [-0.2, 0) is 10.0 Å². The van der Waals surface area contributed by atoms with Crippen molar-refractivity contribution in [2.75, 3.05) is 4.72 Å². The van der Waals surface area contributed by atoms with Crippen molar-refractivity contribution in [3.63, 3.8) is 0 Å². The van der Waals surface area contributed by atoms with Gasteiger partial charge in [-0.1, -0.05) is 17.7 Å². The van der Waals surface area contributed by atoms with Gasteiger partial charge < -0.3 is 9.72 Å². The first-order valence-corrected chi connectivity index (χ1v) is 9.19. The lowest BCUT2D eigenvalue weighted by Gasteiger charge is -2.12. The van der Waals surface area contributed by atoms with Crippen molar-refractivity contribution in [3.8, 4) is 17.1 Å². The molecule has 0 saturated carbocycles. The van der Waals surface area contributed by atoms with Crippen LogP contribution in [0.15, 0.2) is 53.7 Å². The number of H-pyrrole nitrogens is 1. The minimum absolute atomic E-state index is 0.200. The zero-order valence-electron chi connectivity index (χ0n) is 13.3. The number of hydrogen-bond donors (Lipinski definition) is 2. The Hall–Kier alpha value is -2.72. The van der Waals surface area contributed by atoms with Crippen LogP contribution >= 0.6 is 11.6 Å². The molecule has 0 aliphatic heterocycles. The van der Waals surface area contributed by atoms with Gasteiger partial charge in [-0.25, -0.2) is 12.8 Å². The molecule has 0 bridgehead atoms. The molecule has 0 aliphatic carbocycles. The number of rotatable bonds is 6. The van der Waals surface area contributed by atoms with Gasteiger partial charge in [-0.3, -0.25) is 9.71 Å². The van der Waals surface area contributed by atoms with E-state index in [1.165, 1.54) is 18.5 Å². The number of nitrogens with one attached hydrogen (secondary N) is 2. The molecule has 142 valence electrons. The lowest BCUT2D eigenvalue weighted by molar-refractivity contribution is -0.0497. The highest BCUT2D eigenvalue weighted by Gasteiger charge is 2.21. The Labute approximate surface area is 157 Å². The van der Waals surface area contributed by atoms with Crippen LogP contribution in [0.2, 0.25) is 5.02 Å². The Morgan fingerprint density at radius 1 is 1.22 bits per heavy atom. The molecule has 2 heterocycles. The molecule has 0 aliphatic rings. The number of aromatic amines is 1. The number of benzene rings is 1. The Balaban J connectivity index is 1.90. The van der Waals surface area contributed by atoms with E-state index >= 15 is 0 Å². The third-order valence-electron chi connectivity index (χ3n) is 3.39. The fourth-order valence-electron chi connectivity index (χ4n) is 2.20. The van der Waals surface area contributed by atoms with Crippen LogP contribution in [-0.4, -0.2) is 25.0 Å². The number of aromatic nitrogens is 2. The van der Waals surface area contributed by atoms with E-state index < -0.39 is 38.9 Å². The monoisotopic (exact) mass is 417 g/mol. The molecule has 0 amide bonds. The van der Waals surface area contributed by atoms with Crippen molar-refractivity contribution in [1.82, 2.24) is 9.97 Å². The minimum atomic E-state index is -4.22. The summed E-state index contributed by atoms with van der Waals surface area (Å²) in [5.41, 5.74) is 0.342. The van der Waals surface area contributed by atoms with Gasteiger partial charge in [0.05, 0.1) is 22.1 Å². The molecule has 0 atom stereocenters. The Bertz CT molecular complexity index is 1060. The molecule has 0 saturated heterocycles. The molecule has 2 aromatic heterocycles. The summed E-state index contributed by atoms with van der Waals surface area (Å²) in [6.07, 6.45) is 2.73. The van der Waals surface area contributed by atoms with Gasteiger partial charge in [0, 0.05) is 18.5 Å². The Kier molecular flexibility index (Phi) is 5.29. The molecule has 3 aromatic rings. The number of alkyl halides is 2. The smallest absolute Gasteiger partial charge is 0.387 e. The van der Waals surface area contributed by atoms with Gasteiger partial charge in [0.2, 0.25) is 0 Å². The third-order valence-corrected chi connectivity index (χ3v) is 5.03. The Morgan fingerprint density at radius 2 is 2.00 bits per heavy atom. The zero-order valence-corrected chi connectivity index (χ0v) is 14.9. The summed E-state index contributed by atoms with van der Waals surface area (Å²) in [5, 5.41) is -0.421. The lowest BCUT2D eigenvalue weighted by atomic mass is 10.3. The summed E-state index contributed by atoms with van der Waals surface area (Å²) in [7, 11) is -4.22. The number of sulfonamides is 1. The minimum Gasteiger partial charge on any atom is -0.433 e. The van der Waals surface area contributed by atoms with Crippen molar-refractivity contribution in [2.24, 2.45) is 0 Å². The summed E-state index contributed by atoms with van der Waals surface area (Å²) in [5.74, 6) is -1.61. The normalized spacial score (nSPS) is 11.6. The van der Waals surface area contributed by atoms with Gasteiger partial charge >= 0.3 is 6.61 Å². The highest BCUT2D eigenvalue weighted by molar-refractivity contribution is 7.92. The first-order valence-electron chi connectivity index (χ1n) is 7.33. The third kappa shape index (κ3) is 4.34. The first-order chi connectivity index (χ1) is 12.8. The summed E-state index contributed by atoms with van der Waals surface area (Å²) in [6.45, 7) is -3.21. The molecule has 0 unspecified atom stereocenters. The van der Waals surface area contributed by atoms with Gasteiger partial charge in [0.15, 0.2) is 0 Å². The quantitative estimate of drug-likeness (QED) is 0.627. The van der Waals surface area contributed by atoms with Crippen molar-refractivity contribution in [1.29, 1.82) is 0 Å². The molecule has 11 heteroatoms. The maximum Gasteiger partial charge on any atom is 0.387 e. The SMILES string of the molecule is O=S(=O)(Nc1cc(OC(F)F)c(Cl)cc1F)c1c[nH]c(-c2ccccn2)c1. The van der Waals surface area contributed by atoms with Crippen LogP contribution in [0, 0.1) is 5.82 Å². The zero-order chi connectivity index (χ0) is 19.6. The largest absolute Gasteiger partial charge is 0.433 e. The van der Waals surface area contributed by atoms with Crippen molar-refractivity contribution in [2.45, 2.75) is 11.5 Å². The van der Waals surface area contributed by atoms with Crippen LogP contribution in [0.25, 0.3) is 11.4 Å².